The first-order chi connectivity index (χ1) is 13.6. The van der Waals surface area contributed by atoms with E-state index in [-0.39, 0.29) is 5.91 Å². The second-order valence-electron chi connectivity index (χ2n) is 5.96. The van der Waals surface area contributed by atoms with Crippen LogP contribution in [0.5, 0.6) is 0 Å². The second kappa shape index (κ2) is 9.52. The number of imidazole rings is 1. The molecule has 0 aliphatic heterocycles. The molecule has 0 atom stereocenters. The lowest BCUT2D eigenvalue weighted by atomic mass is 10.1. The summed E-state index contributed by atoms with van der Waals surface area (Å²) >= 11 is 1.46. The molecule has 0 aliphatic rings. The van der Waals surface area contributed by atoms with E-state index in [0.717, 1.165) is 27.4 Å². The van der Waals surface area contributed by atoms with Gasteiger partial charge in [0.2, 0.25) is 0 Å². The van der Waals surface area contributed by atoms with Gasteiger partial charge in [-0.2, -0.15) is 13.2 Å². The zero-order valence-electron chi connectivity index (χ0n) is 15.4. The molecule has 0 saturated heterocycles. The lowest BCUT2D eigenvalue weighted by molar-refractivity contribution is -0.192. The molecule has 1 amide bonds. The Kier molecular flexibility index (Phi) is 7.35. The van der Waals surface area contributed by atoms with Gasteiger partial charge in [-0.05, 0) is 31.0 Å². The topological polar surface area (TPSA) is 110 Å². The van der Waals surface area contributed by atoms with Crippen LogP contribution in [0.4, 0.5) is 13.2 Å². The number of thiazole rings is 1. The van der Waals surface area contributed by atoms with Crippen LogP contribution in [0.3, 0.4) is 0 Å². The quantitative estimate of drug-likeness (QED) is 0.579. The normalized spacial score (nSPS) is 11.1. The number of alkyl halides is 3. The van der Waals surface area contributed by atoms with Crippen molar-refractivity contribution in [1.29, 1.82) is 0 Å². The second-order valence-corrected chi connectivity index (χ2v) is 6.99. The van der Waals surface area contributed by atoms with E-state index in [1.54, 1.807) is 12.5 Å². The smallest absolute Gasteiger partial charge is 0.475 e. The van der Waals surface area contributed by atoms with Gasteiger partial charge >= 0.3 is 12.1 Å². The number of aromatic nitrogens is 2. The number of nitrogens with one attached hydrogen (secondary N) is 1. The van der Waals surface area contributed by atoms with Crippen LogP contribution in [0.15, 0.2) is 36.8 Å². The first kappa shape index (κ1) is 22.4. The van der Waals surface area contributed by atoms with E-state index in [1.165, 1.54) is 16.9 Å². The molecular formula is C18H19F3N4O3S. The Morgan fingerprint density at radius 2 is 1.83 bits per heavy atom. The summed E-state index contributed by atoms with van der Waals surface area (Å²) in [6.45, 7) is 3.10. The number of amides is 1. The number of nitrogens with two attached hydrogens (primary N) is 1. The van der Waals surface area contributed by atoms with E-state index in [0.29, 0.717) is 13.1 Å². The molecule has 3 rings (SSSR count). The predicted octanol–water partition coefficient (Wildman–Crippen LogP) is 2.77. The maximum Gasteiger partial charge on any atom is 0.490 e. The van der Waals surface area contributed by atoms with Crippen molar-refractivity contribution < 1.29 is 27.9 Å². The summed E-state index contributed by atoms with van der Waals surface area (Å²) in [5.74, 6) is -2.80. The van der Waals surface area contributed by atoms with Crippen LogP contribution in [0, 0.1) is 6.92 Å². The average molecular weight is 428 g/mol. The van der Waals surface area contributed by atoms with E-state index < -0.39 is 12.1 Å². The number of nitrogens with zero attached hydrogens (tertiary/aromatic N) is 2. The zero-order valence-corrected chi connectivity index (χ0v) is 16.2. The Morgan fingerprint density at radius 3 is 2.34 bits per heavy atom. The van der Waals surface area contributed by atoms with Crippen LogP contribution in [0.2, 0.25) is 0 Å². The summed E-state index contributed by atoms with van der Waals surface area (Å²) in [5, 5.41) is 10.1. The highest BCUT2D eigenvalue weighted by molar-refractivity contribution is 7.19. The largest absolute Gasteiger partial charge is 0.490 e. The number of benzene rings is 1. The molecule has 0 aliphatic carbocycles. The number of carbonyl (C=O) groups excluding carboxylic acids is 1. The van der Waals surface area contributed by atoms with Crippen LogP contribution in [0.25, 0.3) is 4.83 Å². The van der Waals surface area contributed by atoms with Crippen molar-refractivity contribution in [2.75, 3.05) is 6.54 Å². The van der Waals surface area contributed by atoms with Gasteiger partial charge in [0.25, 0.3) is 5.91 Å². The van der Waals surface area contributed by atoms with Gasteiger partial charge in [0, 0.05) is 12.2 Å². The summed E-state index contributed by atoms with van der Waals surface area (Å²) in [4.78, 5) is 27.0. The first-order valence-corrected chi connectivity index (χ1v) is 9.22. The van der Waals surface area contributed by atoms with Gasteiger partial charge in [0.1, 0.15) is 16.0 Å². The van der Waals surface area contributed by atoms with Crippen molar-refractivity contribution >= 4 is 28.0 Å². The molecule has 0 spiro atoms. The fraction of sp³-hybridized carbons (Fsp3) is 0.278. The number of rotatable bonds is 5. The van der Waals surface area contributed by atoms with Gasteiger partial charge in [-0.15, -0.1) is 11.3 Å². The molecule has 29 heavy (non-hydrogen) atoms. The minimum Gasteiger partial charge on any atom is -0.475 e. The third kappa shape index (κ3) is 6.03. The van der Waals surface area contributed by atoms with Gasteiger partial charge in [-0.3, -0.25) is 9.20 Å². The number of carboxylic acid groups (broad SMARTS) is 1. The summed E-state index contributed by atoms with van der Waals surface area (Å²) < 4.78 is 33.7. The third-order valence-electron chi connectivity index (χ3n) is 3.86. The van der Waals surface area contributed by atoms with Gasteiger partial charge in [-0.1, -0.05) is 24.3 Å². The first-order valence-electron chi connectivity index (χ1n) is 8.41. The molecule has 2 heterocycles. The third-order valence-corrected chi connectivity index (χ3v) is 5.06. The minimum atomic E-state index is -5.08. The highest BCUT2D eigenvalue weighted by Gasteiger charge is 2.38. The summed E-state index contributed by atoms with van der Waals surface area (Å²) in [5.41, 5.74) is 8.76. The molecule has 0 saturated carbocycles. The van der Waals surface area contributed by atoms with E-state index in [1.807, 2.05) is 23.5 Å². The lowest BCUT2D eigenvalue weighted by Gasteiger charge is -2.06. The van der Waals surface area contributed by atoms with E-state index >= 15 is 0 Å². The number of halogens is 3. The van der Waals surface area contributed by atoms with Crippen molar-refractivity contribution in [2.45, 2.75) is 26.1 Å². The van der Waals surface area contributed by atoms with Crippen LogP contribution in [0.1, 0.15) is 26.5 Å². The van der Waals surface area contributed by atoms with Gasteiger partial charge in [0.15, 0.2) is 0 Å². The number of hydrogen-bond donors (Lipinski definition) is 3. The Morgan fingerprint density at radius 1 is 1.24 bits per heavy atom. The van der Waals surface area contributed by atoms with Crippen molar-refractivity contribution in [2.24, 2.45) is 5.73 Å². The molecule has 0 radical (unpaired) electrons. The highest BCUT2D eigenvalue weighted by Crippen LogP contribution is 2.22. The van der Waals surface area contributed by atoms with Gasteiger partial charge < -0.3 is 16.2 Å². The molecule has 0 bridgehead atoms. The van der Waals surface area contributed by atoms with E-state index in [4.69, 9.17) is 15.6 Å². The molecule has 4 N–H and O–H groups in total. The molecule has 0 fully saturated rings. The Labute approximate surface area is 168 Å². The summed E-state index contributed by atoms with van der Waals surface area (Å²) in [6, 6.07) is 8.17. The number of fused-ring (bicyclic) bond motifs is 1. The van der Waals surface area contributed by atoms with Gasteiger partial charge in [0.05, 0.1) is 6.20 Å². The maximum atomic E-state index is 12.3. The molecule has 11 heteroatoms. The lowest BCUT2D eigenvalue weighted by Crippen LogP contribution is -2.22. The van der Waals surface area contributed by atoms with Crippen LogP contribution in [-0.2, 0) is 17.8 Å². The molecule has 156 valence electrons. The Bertz CT molecular complexity index is 981. The van der Waals surface area contributed by atoms with Crippen molar-refractivity contribution in [3.8, 4) is 0 Å². The van der Waals surface area contributed by atoms with Gasteiger partial charge in [-0.25, -0.2) is 9.78 Å². The number of carboxylic acids is 1. The standard InChI is InChI=1S/C16H18N4OS.C2HF3O2/c1-11-15(22-14-9-18-10-20(11)14)16(21)19-8-13-4-2-12(3-5-13)6-7-17;3-2(4,5)1(6)7/h2-5,9-10H,6-8,17H2,1H3,(H,19,21);(H,6,7). The maximum absolute atomic E-state index is 12.3. The SMILES string of the molecule is Cc1c(C(=O)NCc2ccc(CCN)cc2)sc2cncn12.O=C(O)C(F)(F)F. The number of aryl methyl sites for hydroxylation is 1. The zero-order chi connectivity index (χ0) is 21.6. The van der Waals surface area contributed by atoms with Crippen LogP contribution in [-0.4, -0.2) is 39.1 Å². The Balaban J connectivity index is 0.000000370. The molecule has 3 aromatic rings. The van der Waals surface area contributed by atoms with E-state index in [2.05, 4.69) is 22.4 Å². The summed E-state index contributed by atoms with van der Waals surface area (Å²) in [6.07, 6.45) is -0.708. The Hall–Kier alpha value is -2.92. The van der Waals surface area contributed by atoms with Crippen molar-refractivity contribution in [1.82, 2.24) is 14.7 Å². The molecule has 1 aromatic carbocycles. The fourth-order valence-electron chi connectivity index (χ4n) is 2.36. The predicted molar refractivity (Wildman–Crippen MR) is 102 cm³/mol. The van der Waals surface area contributed by atoms with Crippen LogP contribution >= 0.6 is 11.3 Å². The molecule has 0 unspecified atom stereocenters. The fourth-order valence-corrected chi connectivity index (χ4v) is 3.38. The number of aliphatic carboxylic acids is 1. The van der Waals surface area contributed by atoms with Crippen molar-refractivity contribution in [3.05, 3.63) is 58.5 Å². The molecular weight excluding hydrogens is 409 g/mol. The molecule has 2 aromatic heterocycles. The minimum absolute atomic E-state index is 0.0442. The van der Waals surface area contributed by atoms with E-state index in [9.17, 15) is 18.0 Å². The number of hydrogen-bond acceptors (Lipinski definition) is 5. The van der Waals surface area contributed by atoms with Crippen molar-refractivity contribution in [3.63, 3.8) is 0 Å². The highest BCUT2D eigenvalue weighted by atomic mass is 32.1. The monoisotopic (exact) mass is 428 g/mol. The van der Waals surface area contributed by atoms with Crippen LogP contribution < -0.4 is 11.1 Å². The summed E-state index contributed by atoms with van der Waals surface area (Å²) in [7, 11) is 0. The average Bonchev–Trinajstić information content (AvgIpc) is 3.24. The molecule has 7 nitrogen and oxygen atoms in total. The number of carbonyl (C=O) groups is 2.